The molecule has 8 heteroatoms. The summed E-state index contributed by atoms with van der Waals surface area (Å²) in [6.07, 6.45) is -4.86. The zero-order valence-electron chi connectivity index (χ0n) is 12.7. The van der Waals surface area contributed by atoms with Crippen molar-refractivity contribution in [2.24, 2.45) is 5.16 Å². The molecule has 0 aliphatic heterocycles. The van der Waals surface area contributed by atoms with Gasteiger partial charge >= 0.3 is 12.1 Å². The van der Waals surface area contributed by atoms with Crippen molar-refractivity contribution in [2.75, 3.05) is 0 Å². The number of carboxylic acids is 1. The summed E-state index contributed by atoms with van der Waals surface area (Å²) in [5, 5.41) is 20.6. The highest BCUT2D eigenvalue weighted by Crippen LogP contribution is 2.31. The molecule has 0 fully saturated rings. The van der Waals surface area contributed by atoms with E-state index < -0.39 is 23.5 Å². The smallest absolute Gasteiger partial charge is 0.416 e. The largest absolute Gasteiger partial charge is 0.481 e. The molecule has 4 nitrogen and oxygen atoms in total. The summed E-state index contributed by atoms with van der Waals surface area (Å²) in [6, 6.07) is 7.82. The van der Waals surface area contributed by atoms with E-state index in [0.717, 1.165) is 30.3 Å². The van der Waals surface area contributed by atoms with Crippen LogP contribution >= 0.6 is 0 Å². The van der Waals surface area contributed by atoms with Gasteiger partial charge in [0.1, 0.15) is 5.82 Å². The zero-order valence-corrected chi connectivity index (χ0v) is 12.7. The predicted molar refractivity (Wildman–Crippen MR) is 82.0 cm³/mol. The first-order valence-electron chi connectivity index (χ1n) is 7.12. The maximum Gasteiger partial charge on any atom is 0.416 e. The van der Waals surface area contributed by atoms with Gasteiger partial charge in [-0.05, 0) is 23.8 Å². The van der Waals surface area contributed by atoms with Gasteiger partial charge in [-0.1, -0.05) is 29.4 Å². The van der Waals surface area contributed by atoms with Crippen LogP contribution in [0.3, 0.4) is 0 Å². The van der Waals surface area contributed by atoms with E-state index in [0.29, 0.717) is 0 Å². The Morgan fingerprint density at radius 2 is 1.68 bits per heavy atom. The van der Waals surface area contributed by atoms with Crippen LogP contribution < -0.4 is 0 Å². The number of carbonyl (C=O) groups is 1. The second-order valence-electron chi connectivity index (χ2n) is 5.21. The molecule has 2 aromatic rings. The Kier molecular flexibility index (Phi) is 5.41. The molecule has 0 atom stereocenters. The quantitative estimate of drug-likeness (QED) is 0.358. The highest BCUT2D eigenvalue weighted by molar-refractivity contribution is 6.01. The third-order valence-electron chi connectivity index (χ3n) is 3.52. The van der Waals surface area contributed by atoms with E-state index in [1.165, 1.54) is 12.1 Å². The number of nitrogens with zero attached hydrogens (tertiary/aromatic N) is 1. The summed E-state index contributed by atoms with van der Waals surface area (Å²) in [6.45, 7) is 0. The average molecular weight is 355 g/mol. The summed E-state index contributed by atoms with van der Waals surface area (Å²) in [5.41, 5.74) is -0.313. The highest BCUT2D eigenvalue weighted by atomic mass is 19.4. The minimum absolute atomic E-state index is 0.000249. The molecule has 2 aromatic carbocycles. The third-order valence-corrected chi connectivity index (χ3v) is 3.52. The van der Waals surface area contributed by atoms with Crippen LogP contribution in [0.15, 0.2) is 47.6 Å². The van der Waals surface area contributed by atoms with Crippen molar-refractivity contribution in [2.45, 2.75) is 19.0 Å². The van der Waals surface area contributed by atoms with Gasteiger partial charge in [-0.2, -0.15) is 13.2 Å². The number of benzene rings is 2. The van der Waals surface area contributed by atoms with E-state index in [-0.39, 0.29) is 35.2 Å². The van der Waals surface area contributed by atoms with E-state index in [1.54, 1.807) is 0 Å². The van der Waals surface area contributed by atoms with E-state index >= 15 is 0 Å². The van der Waals surface area contributed by atoms with Crippen molar-refractivity contribution >= 4 is 11.7 Å². The van der Waals surface area contributed by atoms with Gasteiger partial charge in [0.25, 0.3) is 0 Å². The Bertz CT molecular complexity index is 799. The van der Waals surface area contributed by atoms with Crippen molar-refractivity contribution < 1.29 is 32.7 Å². The molecule has 0 aliphatic carbocycles. The number of alkyl halides is 3. The van der Waals surface area contributed by atoms with Crippen LogP contribution in [0.2, 0.25) is 0 Å². The minimum Gasteiger partial charge on any atom is -0.481 e. The average Bonchev–Trinajstić information content (AvgIpc) is 2.54. The van der Waals surface area contributed by atoms with Crippen LogP contribution in [0, 0.1) is 5.82 Å². The van der Waals surface area contributed by atoms with E-state index in [4.69, 9.17) is 10.3 Å². The fourth-order valence-corrected chi connectivity index (χ4v) is 2.24. The fraction of sp³-hybridized carbons (Fsp3) is 0.176. The van der Waals surface area contributed by atoms with Crippen LogP contribution in [-0.2, 0) is 11.0 Å². The molecule has 0 aromatic heterocycles. The molecule has 2 N–H and O–H groups in total. The molecule has 0 saturated carbocycles. The Morgan fingerprint density at radius 3 is 2.16 bits per heavy atom. The van der Waals surface area contributed by atoms with Crippen molar-refractivity contribution in [3.05, 3.63) is 59.4 Å². The van der Waals surface area contributed by atoms with Gasteiger partial charge in [-0.3, -0.25) is 4.79 Å². The van der Waals surface area contributed by atoms with Crippen LogP contribution in [-0.4, -0.2) is 22.0 Å². The van der Waals surface area contributed by atoms with Crippen LogP contribution in [0.5, 0.6) is 0 Å². The summed E-state index contributed by atoms with van der Waals surface area (Å²) in [4.78, 5) is 10.6. The summed E-state index contributed by atoms with van der Waals surface area (Å²) in [5.74, 6) is -1.82. The van der Waals surface area contributed by atoms with Gasteiger partial charge in [0, 0.05) is 17.5 Å². The Labute approximate surface area is 140 Å². The number of oxime groups is 1. The van der Waals surface area contributed by atoms with Gasteiger partial charge in [0.05, 0.1) is 17.7 Å². The number of carboxylic acid groups (broad SMARTS) is 1. The summed E-state index contributed by atoms with van der Waals surface area (Å²) < 4.78 is 52.0. The van der Waals surface area contributed by atoms with Crippen LogP contribution in [0.4, 0.5) is 17.6 Å². The Balaban J connectivity index is 2.29. The van der Waals surface area contributed by atoms with Crippen molar-refractivity contribution in [3.8, 4) is 11.1 Å². The number of rotatable bonds is 5. The lowest BCUT2D eigenvalue weighted by Crippen LogP contribution is -2.06. The minimum atomic E-state index is -4.47. The standard InChI is InChI=1S/C17H13F4NO3/c18-14-9-11(15(22-25)7-8-16(23)24)3-6-13(14)10-1-4-12(5-2-10)17(19,20)21/h1-6,9,25H,7-8H2,(H,23,24). The fourth-order valence-electron chi connectivity index (χ4n) is 2.24. The van der Waals surface area contributed by atoms with Gasteiger partial charge in [-0.25, -0.2) is 4.39 Å². The van der Waals surface area contributed by atoms with Crippen LogP contribution in [0.25, 0.3) is 11.1 Å². The lowest BCUT2D eigenvalue weighted by Gasteiger charge is -2.10. The molecule has 0 radical (unpaired) electrons. The number of halogens is 4. The molecule has 0 spiro atoms. The third kappa shape index (κ3) is 4.56. The van der Waals surface area contributed by atoms with Crippen LogP contribution in [0.1, 0.15) is 24.0 Å². The molecule has 0 amide bonds. The van der Waals surface area contributed by atoms with Gasteiger partial charge in [-0.15, -0.1) is 0 Å². The molecule has 132 valence electrons. The van der Waals surface area contributed by atoms with Gasteiger partial charge in [0.2, 0.25) is 0 Å². The lowest BCUT2D eigenvalue weighted by molar-refractivity contribution is -0.138. The monoisotopic (exact) mass is 355 g/mol. The second kappa shape index (κ2) is 7.33. The maximum absolute atomic E-state index is 14.3. The maximum atomic E-state index is 14.3. The van der Waals surface area contributed by atoms with Gasteiger partial charge < -0.3 is 10.3 Å². The van der Waals surface area contributed by atoms with Crippen molar-refractivity contribution in [3.63, 3.8) is 0 Å². The molecular weight excluding hydrogens is 342 g/mol. The molecule has 0 saturated heterocycles. The highest BCUT2D eigenvalue weighted by Gasteiger charge is 2.30. The number of hydrogen-bond donors (Lipinski definition) is 2. The zero-order chi connectivity index (χ0) is 18.6. The number of hydrogen-bond acceptors (Lipinski definition) is 3. The molecule has 25 heavy (non-hydrogen) atoms. The molecule has 0 heterocycles. The summed E-state index contributed by atoms with van der Waals surface area (Å²) >= 11 is 0. The van der Waals surface area contributed by atoms with E-state index in [1.807, 2.05) is 0 Å². The Hall–Kier alpha value is -2.90. The molecule has 0 aliphatic rings. The second-order valence-corrected chi connectivity index (χ2v) is 5.21. The molecule has 0 unspecified atom stereocenters. The SMILES string of the molecule is O=C(O)CCC(=NO)c1ccc(-c2ccc(C(F)(F)F)cc2)c(F)c1. The number of aliphatic carboxylic acids is 1. The first-order chi connectivity index (χ1) is 11.7. The van der Waals surface area contributed by atoms with Crippen molar-refractivity contribution in [1.29, 1.82) is 0 Å². The summed E-state index contributed by atoms with van der Waals surface area (Å²) in [7, 11) is 0. The first-order valence-corrected chi connectivity index (χ1v) is 7.12. The lowest BCUT2D eigenvalue weighted by atomic mass is 9.99. The first kappa shape index (κ1) is 18.4. The molecular formula is C17H13F4NO3. The van der Waals surface area contributed by atoms with E-state index in [9.17, 15) is 22.4 Å². The van der Waals surface area contributed by atoms with Gasteiger partial charge in [0.15, 0.2) is 0 Å². The molecule has 2 rings (SSSR count). The van der Waals surface area contributed by atoms with Crippen molar-refractivity contribution in [1.82, 2.24) is 0 Å². The van der Waals surface area contributed by atoms with E-state index in [2.05, 4.69) is 5.16 Å². The molecule has 0 bridgehead atoms. The predicted octanol–water partition coefficient (Wildman–Crippen LogP) is 4.55. The Morgan fingerprint density at radius 1 is 1.04 bits per heavy atom. The topological polar surface area (TPSA) is 69.9 Å². The normalized spacial score (nSPS) is 12.2.